The lowest BCUT2D eigenvalue weighted by molar-refractivity contribution is -0.244. The molecule has 0 bridgehead atoms. The number of fused-ring (bicyclic) bond motifs is 3. The van der Waals surface area contributed by atoms with Gasteiger partial charge in [0.15, 0.2) is 0 Å². The number of hydrogen-bond donors (Lipinski definition) is 3. The Bertz CT molecular complexity index is 2060. The molecule has 3 heterocycles. The Hall–Kier alpha value is -4.61. The van der Waals surface area contributed by atoms with Crippen LogP contribution in [0.2, 0.25) is 0 Å². The van der Waals surface area contributed by atoms with Crippen LogP contribution in [0.15, 0.2) is 42.6 Å². The molecule has 57 heavy (non-hydrogen) atoms. The number of allylic oxidation sites excluding steroid dienone is 1. The van der Waals surface area contributed by atoms with E-state index in [1.807, 2.05) is 13.0 Å². The molecule has 0 spiro atoms. The van der Waals surface area contributed by atoms with Crippen molar-refractivity contribution in [2.75, 3.05) is 13.7 Å². The number of nitrogens with one attached hydrogen (secondary N) is 3. The number of carbonyl (C=O) groups is 4. The summed E-state index contributed by atoms with van der Waals surface area (Å²) in [5, 5.41) is 6.45. The molecule has 14 nitrogen and oxygen atoms in total. The molecule has 6 rings (SSSR count). The second kappa shape index (κ2) is 15.3. The molecule has 0 radical (unpaired) electrons. The summed E-state index contributed by atoms with van der Waals surface area (Å²) in [7, 11) is -2.56. The molecule has 7 atom stereocenters. The first-order chi connectivity index (χ1) is 26.6. The van der Waals surface area contributed by atoms with Crippen molar-refractivity contribution in [1.29, 1.82) is 0 Å². The number of amides is 4. The van der Waals surface area contributed by atoms with E-state index in [0.717, 1.165) is 0 Å². The topological polar surface area (TPSA) is 182 Å². The number of alkyl carbamates (subject to hydrolysis) is 1. The zero-order valence-electron chi connectivity index (χ0n) is 32.8. The van der Waals surface area contributed by atoms with E-state index in [-0.39, 0.29) is 31.2 Å². The van der Waals surface area contributed by atoms with Gasteiger partial charge in [-0.15, -0.1) is 0 Å². The minimum atomic E-state index is -4.91. The number of nitrogens with zero attached hydrogens (tertiary/aromatic N) is 2. The van der Waals surface area contributed by atoms with Crippen LogP contribution in [0.25, 0.3) is 10.8 Å². The van der Waals surface area contributed by atoms with E-state index < -0.39 is 85.9 Å². The van der Waals surface area contributed by atoms with Gasteiger partial charge in [-0.05, 0) is 89.3 Å². The Labute approximate surface area is 329 Å². The summed E-state index contributed by atoms with van der Waals surface area (Å²) in [5.41, 5.74) is -4.52. The molecule has 3 fully saturated rings. The molecule has 2 aliphatic carbocycles. The normalized spacial score (nSPS) is 29.7. The fraction of sp³-hybridized carbons (Fsp3) is 0.615. The molecule has 1 saturated heterocycles. The summed E-state index contributed by atoms with van der Waals surface area (Å²) < 4.78 is 85.2. The molecule has 2 aromatic rings. The van der Waals surface area contributed by atoms with Crippen molar-refractivity contribution in [3.05, 3.63) is 42.6 Å². The Morgan fingerprint density at radius 3 is 2.46 bits per heavy atom. The van der Waals surface area contributed by atoms with Gasteiger partial charge in [-0.1, -0.05) is 32.1 Å². The van der Waals surface area contributed by atoms with Crippen LogP contribution in [-0.4, -0.2) is 96.0 Å². The molecule has 4 amide bonds. The molecule has 1 aromatic heterocycles. The summed E-state index contributed by atoms with van der Waals surface area (Å²) in [5.74, 6) is -2.93. The average molecular weight is 822 g/mol. The van der Waals surface area contributed by atoms with Crippen LogP contribution in [-0.2, 0) is 29.1 Å². The minimum absolute atomic E-state index is 0.0363. The maximum Gasteiger partial charge on any atom is 0.427 e. The van der Waals surface area contributed by atoms with Crippen molar-refractivity contribution < 1.29 is 55.0 Å². The van der Waals surface area contributed by atoms with Crippen molar-refractivity contribution in [1.82, 2.24) is 25.2 Å². The number of carbonyl (C=O) groups excluding carboxylic acids is 4. The van der Waals surface area contributed by atoms with E-state index in [1.54, 1.807) is 37.3 Å². The van der Waals surface area contributed by atoms with Gasteiger partial charge >= 0.3 is 12.3 Å². The van der Waals surface area contributed by atoms with Gasteiger partial charge in [0.05, 0.1) is 18.4 Å². The molecule has 2 saturated carbocycles. The molecule has 4 aliphatic rings. The summed E-state index contributed by atoms with van der Waals surface area (Å²) in [6.07, 6.45) is 0.185. The fourth-order valence-corrected chi connectivity index (χ4v) is 8.94. The maximum atomic E-state index is 14.7. The number of aromatic nitrogens is 1. The van der Waals surface area contributed by atoms with Gasteiger partial charge in [0.25, 0.3) is 5.91 Å². The van der Waals surface area contributed by atoms with Crippen molar-refractivity contribution >= 4 is 44.6 Å². The smallest absolute Gasteiger partial charge is 0.427 e. The van der Waals surface area contributed by atoms with Crippen LogP contribution in [0, 0.1) is 17.8 Å². The number of rotatable bonds is 8. The Morgan fingerprint density at radius 1 is 1.07 bits per heavy atom. The number of benzene rings is 1. The standard InChI is InChI=1S/C39H50F3N5O9S/c1-22-10-7-8-11-24-20-38(24,34(50)46-57(52,53)37(5)15-16-37)45-31(48)28-19-25(55-32-27-12-9-13-29(54-6)26(27)14-17-43-32)21-47(28)33(49)30(23(2)18-22)44-35(51)56-36(3,4)39(40,41)42/h8-9,11-14,17,22-25,28,30H,7,10,15-16,18-21H2,1-6H3,(H,44,51)(H,45,48)(H,46,50)/b11-8-/t22-,23+,24?,25+,28-,30-,38+/m0/s1. The Kier molecular flexibility index (Phi) is 11.3. The van der Waals surface area contributed by atoms with Gasteiger partial charge < -0.3 is 29.7 Å². The van der Waals surface area contributed by atoms with Gasteiger partial charge in [-0.2, -0.15) is 13.2 Å². The molecule has 1 unspecified atom stereocenters. The Morgan fingerprint density at radius 2 is 1.79 bits per heavy atom. The van der Waals surface area contributed by atoms with E-state index in [0.29, 0.717) is 62.5 Å². The number of ether oxygens (including phenoxy) is 3. The third kappa shape index (κ3) is 8.51. The highest BCUT2D eigenvalue weighted by Gasteiger charge is 2.63. The summed E-state index contributed by atoms with van der Waals surface area (Å²) >= 11 is 0. The lowest BCUT2D eigenvalue weighted by atomic mass is 9.88. The molecule has 2 aliphatic heterocycles. The van der Waals surface area contributed by atoms with Gasteiger partial charge in [-0.25, -0.2) is 18.2 Å². The molecule has 3 N–H and O–H groups in total. The van der Waals surface area contributed by atoms with E-state index in [9.17, 15) is 40.8 Å². The number of alkyl halides is 3. The first-order valence-corrected chi connectivity index (χ1v) is 20.6. The number of sulfonamides is 1. The van der Waals surface area contributed by atoms with E-state index in [4.69, 9.17) is 14.2 Å². The first kappa shape index (κ1) is 42.0. The van der Waals surface area contributed by atoms with Gasteiger partial charge in [0.2, 0.25) is 33.3 Å². The second-order valence-electron chi connectivity index (χ2n) is 16.7. The highest BCUT2D eigenvalue weighted by Crippen LogP contribution is 2.48. The summed E-state index contributed by atoms with van der Waals surface area (Å²) in [4.78, 5) is 61.8. The van der Waals surface area contributed by atoms with Crippen LogP contribution < -0.4 is 24.8 Å². The monoisotopic (exact) mass is 821 g/mol. The summed E-state index contributed by atoms with van der Waals surface area (Å²) in [6.45, 7) is 6.33. The number of methoxy groups -OCH3 is 1. The van der Waals surface area contributed by atoms with Gasteiger partial charge in [0.1, 0.15) is 29.5 Å². The maximum absolute atomic E-state index is 14.7. The van der Waals surface area contributed by atoms with Crippen molar-refractivity contribution in [3.8, 4) is 11.6 Å². The van der Waals surface area contributed by atoms with Crippen LogP contribution in [0.3, 0.4) is 0 Å². The van der Waals surface area contributed by atoms with Crippen molar-refractivity contribution in [2.45, 2.75) is 120 Å². The van der Waals surface area contributed by atoms with Crippen molar-refractivity contribution in [2.24, 2.45) is 17.8 Å². The number of hydrogen-bond acceptors (Lipinski definition) is 10. The molecule has 18 heteroatoms. The summed E-state index contributed by atoms with van der Waals surface area (Å²) in [6, 6.07) is 4.26. The zero-order valence-corrected chi connectivity index (χ0v) is 33.6. The Balaban J connectivity index is 1.36. The third-order valence-electron chi connectivity index (χ3n) is 11.8. The van der Waals surface area contributed by atoms with Crippen molar-refractivity contribution in [3.63, 3.8) is 0 Å². The highest BCUT2D eigenvalue weighted by molar-refractivity contribution is 7.91. The predicted octanol–water partition coefficient (Wildman–Crippen LogP) is 4.91. The van der Waals surface area contributed by atoms with Gasteiger partial charge in [-0.3, -0.25) is 19.1 Å². The van der Waals surface area contributed by atoms with Gasteiger partial charge in [0, 0.05) is 29.3 Å². The average Bonchev–Trinajstić information content (AvgIpc) is 4.01. The quantitative estimate of drug-likeness (QED) is 0.310. The predicted molar refractivity (Wildman–Crippen MR) is 201 cm³/mol. The SMILES string of the molecule is COc1cccc2c(O[C@@H]3C[C@H]4C(=O)N[C@]5(C(=O)NS(=O)(=O)C6(C)CC6)CC5/C=C\CC[C@H](C)C[C@@H](C)[C@H](NC(=O)OC(C)(C)C(F)(F)F)C(=O)N4C3)nccc12. The van der Waals surface area contributed by atoms with Crippen LogP contribution in [0.1, 0.15) is 79.6 Å². The highest BCUT2D eigenvalue weighted by atomic mass is 32.2. The van der Waals surface area contributed by atoms with Crippen LogP contribution in [0.4, 0.5) is 18.0 Å². The second-order valence-corrected chi connectivity index (χ2v) is 18.8. The lowest BCUT2D eigenvalue weighted by Gasteiger charge is -2.34. The minimum Gasteiger partial charge on any atom is -0.496 e. The van der Waals surface area contributed by atoms with E-state index >= 15 is 0 Å². The molecule has 1 aromatic carbocycles. The molecular weight excluding hydrogens is 772 g/mol. The fourth-order valence-electron chi connectivity index (χ4n) is 7.62. The largest absolute Gasteiger partial charge is 0.496 e. The van der Waals surface area contributed by atoms with E-state index in [2.05, 4.69) is 20.3 Å². The lowest BCUT2D eigenvalue weighted by Crippen LogP contribution is -2.59. The number of pyridine rings is 1. The number of halogens is 3. The first-order valence-electron chi connectivity index (χ1n) is 19.1. The van der Waals surface area contributed by atoms with Crippen LogP contribution in [0.5, 0.6) is 11.6 Å². The third-order valence-corrected chi connectivity index (χ3v) is 13.9. The molecule has 312 valence electrons. The molecular formula is C39H50F3N5O9S. The van der Waals surface area contributed by atoms with E-state index in [1.165, 1.54) is 25.1 Å². The van der Waals surface area contributed by atoms with Crippen LogP contribution >= 0.6 is 0 Å². The zero-order chi connectivity index (χ0) is 41.7.